The molecule has 0 amide bonds. The smallest absolute Gasteiger partial charge is 0.0832 e. The van der Waals surface area contributed by atoms with Gasteiger partial charge >= 0.3 is 0 Å². The largest absolute Gasteiger partial charge is 0.377 e. The van der Waals surface area contributed by atoms with E-state index < -0.39 is 0 Å². The Bertz CT molecular complexity index is 390. The van der Waals surface area contributed by atoms with Crippen LogP contribution in [0.5, 0.6) is 0 Å². The van der Waals surface area contributed by atoms with Gasteiger partial charge in [0.2, 0.25) is 0 Å². The van der Waals surface area contributed by atoms with E-state index in [4.69, 9.17) is 10.5 Å². The highest BCUT2D eigenvalue weighted by Gasteiger charge is 2.39. The quantitative estimate of drug-likeness (QED) is 0.878. The summed E-state index contributed by atoms with van der Waals surface area (Å²) in [5.74, 6) is 0.586. The van der Waals surface area contributed by atoms with E-state index in [2.05, 4.69) is 38.1 Å². The first kappa shape index (κ1) is 14.5. The maximum absolute atomic E-state index is 6.43. The molecule has 1 atom stereocenters. The fraction of sp³-hybridized carbons (Fsp3) is 0.647. The minimum Gasteiger partial charge on any atom is -0.377 e. The summed E-state index contributed by atoms with van der Waals surface area (Å²) in [4.78, 5) is 0. The second-order valence-corrected chi connectivity index (χ2v) is 6.18. The van der Waals surface area contributed by atoms with Crippen molar-refractivity contribution in [2.24, 2.45) is 5.73 Å². The van der Waals surface area contributed by atoms with Gasteiger partial charge in [-0.15, -0.1) is 0 Å². The van der Waals surface area contributed by atoms with Crippen LogP contribution < -0.4 is 5.73 Å². The van der Waals surface area contributed by atoms with Crippen LogP contribution in [0.15, 0.2) is 24.3 Å². The van der Waals surface area contributed by atoms with Crippen LogP contribution in [-0.2, 0) is 11.2 Å². The number of hydrogen-bond donors (Lipinski definition) is 1. The van der Waals surface area contributed by atoms with E-state index in [9.17, 15) is 0 Å². The Labute approximate surface area is 117 Å². The molecule has 2 rings (SSSR count). The molecule has 1 saturated carbocycles. The Morgan fingerprint density at radius 1 is 1.16 bits per heavy atom. The zero-order valence-electron chi connectivity index (χ0n) is 12.5. The molecule has 0 saturated heterocycles. The van der Waals surface area contributed by atoms with Crippen molar-refractivity contribution >= 4 is 0 Å². The average Bonchev–Trinajstić information content (AvgIpc) is 2.89. The molecule has 0 radical (unpaired) electrons. The van der Waals surface area contributed by atoms with Gasteiger partial charge in [-0.3, -0.25) is 0 Å². The first-order valence-corrected chi connectivity index (χ1v) is 7.47. The van der Waals surface area contributed by atoms with Crippen molar-refractivity contribution < 1.29 is 4.74 Å². The van der Waals surface area contributed by atoms with Gasteiger partial charge in [-0.2, -0.15) is 0 Å². The lowest BCUT2D eigenvalue weighted by atomic mass is 9.87. The van der Waals surface area contributed by atoms with E-state index in [-0.39, 0.29) is 11.6 Å². The van der Waals surface area contributed by atoms with Crippen LogP contribution in [0.25, 0.3) is 0 Å². The molecule has 0 bridgehead atoms. The molecule has 19 heavy (non-hydrogen) atoms. The minimum atomic E-state index is -0.0866. The molecule has 1 aliphatic carbocycles. The summed E-state index contributed by atoms with van der Waals surface area (Å²) in [6, 6.07) is 8.98. The van der Waals surface area contributed by atoms with Crippen molar-refractivity contribution in [3.63, 3.8) is 0 Å². The second-order valence-electron chi connectivity index (χ2n) is 6.18. The number of benzene rings is 1. The third kappa shape index (κ3) is 3.18. The monoisotopic (exact) mass is 261 g/mol. The minimum absolute atomic E-state index is 0.0866. The maximum atomic E-state index is 6.43. The molecule has 0 spiro atoms. The van der Waals surface area contributed by atoms with E-state index >= 15 is 0 Å². The average molecular weight is 261 g/mol. The van der Waals surface area contributed by atoms with Crippen LogP contribution in [0.1, 0.15) is 56.6 Å². The zero-order chi connectivity index (χ0) is 13.9. The lowest BCUT2D eigenvalue weighted by Gasteiger charge is -2.34. The van der Waals surface area contributed by atoms with Crippen molar-refractivity contribution in [1.29, 1.82) is 0 Å². The molecule has 0 heterocycles. The van der Waals surface area contributed by atoms with Gasteiger partial charge < -0.3 is 10.5 Å². The first-order valence-electron chi connectivity index (χ1n) is 7.47. The third-order valence-electron chi connectivity index (χ3n) is 4.63. The van der Waals surface area contributed by atoms with Gasteiger partial charge in [-0.25, -0.2) is 0 Å². The van der Waals surface area contributed by atoms with Crippen molar-refractivity contribution in [2.75, 3.05) is 7.11 Å². The van der Waals surface area contributed by atoms with E-state index in [0.29, 0.717) is 5.92 Å². The number of ether oxygens (including phenoxy) is 1. The molecule has 2 N–H and O–H groups in total. The van der Waals surface area contributed by atoms with Crippen LogP contribution in [0.4, 0.5) is 0 Å². The van der Waals surface area contributed by atoms with Gasteiger partial charge in [0.25, 0.3) is 0 Å². The molecule has 106 valence electrons. The molecule has 1 fully saturated rings. The van der Waals surface area contributed by atoms with Crippen molar-refractivity contribution in [1.82, 2.24) is 0 Å². The summed E-state index contributed by atoms with van der Waals surface area (Å²) in [6.07, 6.45) is 5.61. The third-order valence-corrected chi connectivity index (χ3v) is 4.63. The molecule has 0 aliphatic heterocycles. The van der Waals surface area contributed by atoms with E-state index in [1.54, 1.807) is 0 Å². The van der Waals surface area contributed by atoms with Gasteiger partial charge in [0.05, 0.1) is 5.60 Å². The van der Waals surface area contributed by atoms with Crippen LogP contribution in [-0.4, -0.2) is 18.8 Å². The van der Waals surface area contributed by atoms with Gasteiger partial charge in [0.1, 0.15) is 0 Å². The Morgan fingerprint density at radius 3 is 2.21 bits per heavy atom. The standard InChI is InChI=1S/C17H27NO/c1-13(2)15-8-6-14(7-9-15)12-16(18)17(19-3)10-4-5-11-17/h6-9,13,16H,4-5,10-12,18H2,1-3H3. The second kappa shape index (κ2) is 6.06. The van der Waals surface area contributed by atoms with Gasteiger partial charge in [0, 0.05) is 13.2 Å². The molecule has 1 aromatic rings. The predicted molar refractivity (Wildman–Crippen MR) is 80.4 cm³/mol. The predicted octanol–water partition coefficient (Wildman–Crippen LogP) is 3.64. The molecule has 2 nitrogen and oxygen atoms in total. The van der Waals surface area contributed by atoms with Crippen molar-refractivity contribution in [3.8, 4) is 0 Å². The number of methoxy groups -OCH3 is 1. The lowest BCUT2D eigenvalue weighted by Crippen LogP contribution is -2.48. The molecule has 1 unspecified atom stereocenters. The van der Waals surface area contributed by atoms with E-state index in [1.165, 1.54) is 24.0 Å². The van der Waals surface area contributed by atoms with Crippen LogP contribution in [0, 0.1) is 0 Å². The van der Waals surface area contributed by atoms with Gasteiger partial charge in [-0.05, 0) is 36.3 Å². The summed E-state index contributed by atoms with van der Waals surface area (Å²) in [7, 11) is 1.81. The topological polar surface area (TPSA) is 35.2 Å². The molecule has 0 aromatic heterocycles. The van der Waals surface area contributed by atoms with E-state index in [0.717, 1.165) is 19.3 Å². The fourth-order valence-electron chi connectivity index (χ4n) is 3.18. The molecular weight excluding hydrogens is 234 g/mol. The molecule has 2 heteroatoms. The zero-order valence-corrected chi connectivity index (χ0v) is 12.5. The lowest BCUT2D eigenvalue weighted by molar-refractivity contribution is -0.0253. The number of nitrogens with two attached hydrogens (primary N) is 1. The molecule has 1 aromatic carbocycles. The Hall–Kier alpha value is -0.860. The highest BCUT2D eigenvalue weighted by Crippen LogP contribution is 2.36. The van der Waals surface area contributed by atoms with E-state index in [1.807, 2.05) is 7.11 Å². The first-order chi connectivity index (χ1) is 9.07. The molecular formula is C17H27NO. The Balaban J connectivity index is 2.03. The summed E-state index contributed by atoms with van der Waals surface area (Å²) in [6.45, 7) is 4.44. The van der Waals surface area contributed by atoms with Crippen LogP contribution in [0.3, 0.4) is 0 Å². The Morgan fingerprint density at radius 2 is 1.74 bits per heavy atom. The number of hydrogen-bond acceptors (Lipinski definition) is 2. The number of rotatable bonds is 5. The van der Waals surface area contributed by atoms with Gasteiger partial charge in [0.15, 0.2) is 0 Å². The maximum Gasteiger partial charge on any atom is 0.0832 e. The van der Waals surface area contributed by atoms with Crippen LogP contribution in [0.2, 0.25) is 0 Å². The summed E-state index contributed by atoms with van der Waals surface area (Å²) < 4.78 is 5.77. The SMILES string of the molecule is COC1(C(N)Cc2ccc(C(C)C)cc2)CCCC1. The van der Waals surface area contributed by atoms with Gasteiger partial charge in [-0.1, -0.05) is 51.0 Å². The normalized spacial score (nSPS) is 19.8. The van der Waals surface area contributed by atoms with Crippen molar-refractivity contribution in [3.05, 3.63) is 35.4 Å². The Kier molecular flexibility index (Phi) is 4.64. The summed E-state index contributed by atoms with van der Waals surface area (Å²) >= 11 is 0. The fourth-order valence-corrected chi connectivity index (χ4v) is 3.18. The molecule has 1 aliphatic rings. The van der Waals surface area contributed by atoms with Crippen molar-refractivity contribution in [2.45, 2.75) is 63.5 Å². The highest BCUT2D eigenvalue weighted by molar-refractivity contribution is 5.25. The highest BCUT2D eigenvalue weighted by atomic mass is 16.5. The summed E-state index contributed by atoms with van der Waals surface area (Å²) in [5.41, 5.74) is 9.05. The van der Waals surface area contributed by atoms with Crippen LogP contribution >= 0.6 is 0 Å². The summed E-state index contributed by atoms with van der Waals surface area (Å²) in [5, 5.41) is 0.